The molecule has 0 saturated heterocycles. The van der Waals surface area contributed by atoms with Crippen molar-refractivity contribution in [3.63, 3.8) is 0 Å². The molecule has 0 aliphatic heterocycles. The number of esters is 1. The fourth-order valence-electron chi connectivity index (χ4n) is 1.84. The maximum atomic E-state index is 12.3. The maximum absolute atomic E-state index is 12.3. The first kappa shape index (κ1) is 21.8. The van der Waals surface area contributed by atoms with Gasteiger partial charge in [-0.1, -0.05) is 34.1 Å². The Hall–Kier alpha value is -2.28. The zero-order valence-electron chi connectivity index (χ0n) is 16.0. The van der Waals surface area contributed by atoms with E-state index in [9.17, 15) is 14.4 Å². The van der Waals surface area contributed by atoms with Gasteiger partial charge in [0.25, 0.3) is 5.78 Å². The molecule has 0 aromatic carbocycles. The quantitative estimate of drug-likeness (QED) is 0.297. The van der Waals surface area contributed by atoms with Gasteiger partial charge >= 0.3 is 5.97 Å². The Labute approximate surface area is 154 Å². The van der Waals surface area contributed by atoms with Crippen molar-refractivity contribution < 1.29 is 23.9 Å². The molecule has 26 heavy (non-hydrogen) atoms. The number of anilines is 1. The van der Waals surface area contributed by atoms with Crippen LogP contribution in [0.25, 0.3) is 0 Å². The number of hydrogen-bond acceptors (Lipinski definition) is 6. The molecule has 0 aliphatic rings. The van der Waals surface area contributed by atoms with Gasteiger partial charge in [-0.15, -0.1) is 0 Å². The van der Waals surface area contributed by atoms with E-state index in [1.807, 2.05) is 0 Å². The van der Waals surface area contributed by atoms with Crippen LogP contribution >= 0.6 is 0 Å². The van der Waals surface area contributed by atoms with Gasteiger partial charge in [0.15, 0.2) is 0 Å². The molecule has 0 fully saturated rings. The topological polar surface area (TPSA) is 94.6 Å². The zero-order chi connectivity index (χ0) is 19.6. The van der Waals surface area contributed by atoms with Crippen molar-refractivity contribution in [1.29, 1.82) is 0 Å². The van der Waals surface area contributed by atoms with E-state index in [4.69, 9.17) is 9.47 Å². The lowest BCUT2D eigenvalue weighted by atomic mass is 9.95. The number of nitrogens with one attached hydrogen (secondary N) is 1. The van der Waals surface area contributed by atoms with Gasteiger partial charge in [0.2, 0.25) is 5.91 Å². The molecule has 0 saturated carbocycles. The van der Waals surface area contributed by atoms with E-state index in [2.05, 4.69) is 17.2 Å². The van der Waals surface area contributed by atoms with Crippen molar-refractivity contribution >= 4 is 23.3 Å². The number of Topliss-reactive ketones (excluding diaryl/α,β-unsaturated/α-hetero) is 1. The van der Waals surface area contributed by atoms with E-state index in [-0.39, 0.29) is 23.8 Å². The molecule has 1 aromatic heterocycles. The Morgan fingerprint density at radius 3 is 2.46 bits per heavy atom. The minimum Gasteiger partial charge on any atom is -0.460 e. The summed E-state index contributed by atoms with van der Waals surface area (Å²) in [7, 11) is 0. The maximum Gasteiger partial charge on any atom is 0.379 e. The van der Waals surface area contributed by atoms with Crippen LogP contribution in [0.15, 0.2) is 18.5 Å². The number of aromatic nitrogens is 1. The average molecular weight is 364 g/mol. The monoisotopic (exact) mass is 364 g/mol. The summed E-state index contributed by atoms with van der Waals surface area (Å²) in [5.41, 5.74) is -0.388. The first-order valence-electron chi connectivity index (χ1n) is 8.82. The highest BCUT2D eigenvalue weighted by atomic mass is 16.5. The number of ether oxygens (including phenoxy) is 2. The van der Waals surface area contributed by atoms with Crippen LogP contribution in [0, 0.1) is 5.41 Å². The van der Waals surface area contributed by atoms with Gasteiger partial charge < -0.3 is 14.8 Å². The number of unbranched alkanes of at least 4 members (excludes halogenated alkanes) is 1. The molecule has 1 rings (SSSR count). The van der Waals surface area contributed by atoms with E-state index in [0.29, 0.717) is 19.6 Å². The number of amides is 1. The molecule has 144 valence electrons. The Morgan fingerprint density at radius 2 is 1.81 bits per heavy atom. The normalized spacial score (nSPS) is 11.1. The van der Waals surface area contributed by atoms with Crippen LogP contribution in [-0.2, 0) is 19.1 Å². The summed E-state index contributed by atoms with van der Waals surface area (Å²) in [5.74, 6) is -2.08. The molecule has 7 nitrogen and oxygen atoms in total. The third-order valence-electron chi connectivity index (χ3n) is 3.49. The first-order valence-corrected chi connectivity index (χ1v) is 8.82. The number of rotatable bonds is 10. The molecule has 1 heterocycles. The first-order chi connectivity index (χ1) is 12.3. The third kappa shape index (κ3) is 7.31. The van der Waals surface area contributed by atoms with Crippen LogP contribution in [0.1, 0.15) is 57.3 Å². The molecule has 1 N–H and O–H groups in total. The predicted octanol–water partition coefficient (Wildman–Crippen LogP) is 3.00. The fraction of sp³-hybridized carbons (Fsp3) is 0.579. The molecule has 1 amide bonds. The summed E-state index contributed by atoms with van der Waals surface area (Å²) in [6, 6.07) is 1.48. The van der Waals surface area contributed by atoms with E-state index in [0.717, 1.165) is 12.8 Å². The number of ketones is 1. The van der Waals surface area contributed by atoms with Crippen LogP contribution in [0.3, 0.4) is 0 Å². The van der Waals surface area contributed by atoms with Crippen LogP contribution in [0.4, 0.5) is 5.69 Å². The lowest BCUT2D eigenvalue weighted by Gasteiger charge is -2.18. The second kappa shape index (κ2) is 10.7. The van der Waals surface area contributed by atoms with Crippen molar-refractivity contribution in [2.45, 2.75) is 47.0 Å². The number of carbonyl (C=O) groups excluding carboxylic acids is 3. The molecule has 0 radical (unpaired) electrons. The van der Waals surface area contributed by atoms with Crippen molar-refractivity contribution in [3.8, 4) is 0 Å². The minimum absolute atomic E-state index is 0.00861. The predicted molar refractivity (Wildman–Crippen MR) is 98.0 cm³/mol. The van der Waals surface area contributed by atoms with E-state index in [1.165, 1.54) is 18.5 Å². The van der Waals surface area contributed by atoms with Crippen molar-refractivity contribution in [2.75, 3.05) is 25.1 Å². The SMILES string of the molecule is CCCCOCCCOC(=O)C(=O)c1cnccc1NC(=O)C(C)(C)C. The summed E-state index contributed by atoms with van der Waals surface area (Å²) in [4.78, 5) is 40.2. The van der Waals surface area contributed by atoms with Crippen LogP contribution in [0.2, 0.25) is 0 Å². The highest BCUT2D eigenvalue weighted by molar-refractivity contribution is 6.42. The molecule has 0 unspecified atom stereocenters. The lowest BCUT2D eigenvalue weighted by Crippen LogP contribution is -2.29. The molecule has 0 bridgehead atoms. The van der Waals surface area contributed by atoms with Crippen molar-refractivity contribution in [3.05, 3.63) is 24.0 Å². The average Bonchev–Trinajstić information content (AvgIpc) is 2.59. The second-order valence-corrected chi connectivity index (χ2v) is 6.91. The van der Waals surface area contributed by atoms with E-state index in [1.54, 1.807) is 20.8 Å². The summed E-state index contributed by atoms with van der Waals surface area (Å²) in [5, 5.41) is 2.65. The number of carbonyl (C=O) groups is 3. The third-order valence-corrected chi connectivity index (χ3v) is 3.49. The summed E-state index contributed by atoms with van der Waals surface area (Å²) < 4.78 is 10.3. The van der Waals surface area contributed by atoms with Gasteiger partial charge in [-0.3, -0.25) is 14.6 Å². The van der Waals surface area contributed by atoms with Crippen molar-refractivity contribution in [2.24, 2.45) is 5.41 Å². The highest BCUT2D eigenvalue weighted by Gasteiger charge is 2.26. The van der Waals surface area contributed by atoms with Crippen LogP contribution in [0.5, 0.6) is 0 Å². The van der Waals surface area contributed by atoms with E-state index < -0.39 is 17.2 Å². The Balaban J connectivity index is 2.58. The van der Waals surface area contributed by atoms with Crippen LogP contribution < -0.4 is 5.32 Å². The highest BCUT2D eigenvalue weighted by Crippen LogP contribution is 2.20. The fourth-order valence-corrected chi connectivity index (χ4v) is 1.84. The van der Waals surface area contributed by atoms with Crippen LogP contribution in [-0.4, -0.2) is 42.5 Å². The smallest absolute Gasteiger partial charge is 0.379 e. The van der Waals surface area contributed by atoms with Gasteiger partial charge in [0.1, 0.15) is 0 Å². The molecule has 0 atom stereocenters. The molecule has 0 aliphatic carbocycles. The summed E-state index contributed by atoms with van der Waals surface area (Å²) in [6.07, 6.45) is 5.25. The minimum atomic E-state index is -0.974. The van der Waals surface area contributed by atoms with Gasteiger partial charge in [0.05, 0.1) is 17.9 Å². The second-order valence-electron chi connectivity index (χ2n) is 6.91. The number of nitrogens with zero attached hydrogens (tertiary/aromatic N) is 1. The standard InChI is InChI=1S/C19H28N2O5/c1-5-6-10-25-11-7-12-26-17(23)16(22)14-13-20-9-8-15(14)21-18(24)19(2,3)4/h8-9,13H,5-7,10-12H2,1-4H3,(H,20,21,24). The largest absolute Gasteiger partial charge is 0.460 e. The molecular formula is C19H28N2O5. The molecular weight excluding hydrogens is 336 g/mol. The Kier molecular flexibility index (Phi) is 8.92. The Morgan fingerprint density at radius 1 is 1.12 bits per heavy atom. The van der Waals surface area contributed by atoms with Gasteiger partial charge in [-0.25, -0.2) is 4.79 Å². The Bertz CT molecular complexity index is 623. The van der Waals surface area contributed by atoms with Gasteiger partial charge in [-0.2, -0.15) is 0 Å². The van der Waals surface area contributed by atoms with E-state index >= 15 is 0 Å². The summed E-state index contributed by atoms with van der Waals surface area (Å²) >= 11 is 0. The molecule has 0 spiro atoms. The molecule has 7 heteroatoms. The van der Waals surface area contributed by atoms with Gasteiger partial charge in [0, 0.05) is 37.4 Å². The molecule has 1 aromatic rings. The zero-order valence-corrected chi connectivity index (χ0v) is 16.0. The lowest BCUT2D eigenvalue weighted by molar-refractivity contribution is -0.138. The van der Waals surface area contributed by atoms with Gasteiger partial charge in [-0.05, 0) is 12.5 Å². The summed E-state index contributed by atoms with van der Waals surface area (Å²) in [6.45, 7) is 8.58. The number of hydrogen-bond donors (Lipinski definition) is 1. The number of pyridine rings is 1. The van der Waals surface area contributed by atoms with Crippen molar-refractivity contribution in [1.82, 2.24) is 4.98 Å².